The first-order valence-corrected chi connectivity index (χ1v) is 9.98. The predicted molar refractivity (Wildman–Crippen MR) is 118 cm³/mol. The van der Waals surface area contributed by atoms with Crippen molar-refractivity contribution in [2.75, 3.05) is 0 Å². The van der Waals surface area contributed by atoms with Crippen molar-refractivity contribution in [2.24, 2.45) is 0 Å². The van der Waals surface area contributed by atoms with Gasteiger partial charge in [-0.05, 0) is 42.3 Å². The van der Waals surface area contributed by atoms with Gasteiger partial charge in [0.05, 0.1) is 40.8 Å². The van der Waals surface area contributed by atoms with Crippen molar-refractivity contribution in [3.05, 3.63) is 85.0 Å². The fourth-order valence-electron chi connectivity index (χ4n) is 3.69. The van der Waals surface area contributed by atoms with E-state index < -0.39 is 0 Å². The molecule has 4 heterocycles. The number of nitriles is 1. The fourth-order valence-corrected chi connectivity index (χ4v) is 3.69. The maximum Gasteiger partial charge on any atom is 0.140 e. The Balaban J connectivity index is 1.69. The number of pyridine rings is 2. The third kappa shape index (κ3) is 3.24. The van der Waals surface area contributed by atoms with Gasteiger partial charge in [-0.2, -0.15) is 10.4 Å². The zero-order chi connectivity index (χ0) is 21.4. The minimum Gasteiger partial charge on any atom is -0.305 e. The Labute approximate surface area is 179 Å². The second kappa shape index (κ2) is 7.50. The number of aromatic nitrogens is 6. The first kappa shape index (κ1) is 18.7. The van der Waals surface area contributed by atoms with Crippen molar-refractivity contribution >= 4 is 10.9 Å². The molecule has 0 atom stereocenters. The molecule has 0 aliphatic carbocycles. The number of hydrogen-bond acceptors (Lipinski definition) is 5. The van der Waals surface area contributed by atoms with E-state index in [1.165, 1.54) is 0 Å². The van der Waals surface area contributed by atoms with Crippen LogP contribution in [-0.4, -0.2) is 29.3 Å². The van der Waals surface area contributed by atoms with Gasteiger partial charge < -0.3 is 4.57 Å². The molecular formula is C24H19N7. The molecule has 150 valence electrons. The summed E-state index contributed by atoms with van der Waals surface area (Å²) in [4.78, 5) is 13.0. The average molecular weight is 405 g/mol. The van der Waals surface area contributed by atoms with Crippen molar-refractivity contribution in [3.8, 4) is 28.7 Å². The van der Waals surface area contributed by atoms with Crippen LogP contribution < -0.4 is 0 Å². The van der Waals surface area contributed by atoms with Crippen LogP contribution in [0.4, 0.5) is 0 Å². The summed E-state index contributed by atoms with van der Waals surface area (Å²) in [5.74, 6) is 0.220. The Morgan fingerprint density at radius 3 is 2.61 bits per heavy atom. The second-order valence-electron chi connectivity index (χ2n) is 7.54. The summed E-state index contributed by atoms with van der Waals surface area (Å²) >= 11 is 0. The number of rotatable bonds is 4. The van der Waals surface area contributed by atoms with E-state index in [1.807, 2.05) is 52.2 Å². The van der Waals surface area contributed by atoms with Crippen LogP contribution in [0.25, 0.3) is 33.5 Å². The van der Waals surface area contributed by atoms with Gasteiger partial charge in [0.1, 0.15) is 11.8 Å². The summed E-state index contributed by atoms with van der Waals surface area (Å²) in [6.45, 7) is 4.27. The molecule has 7 nitrogen and oxygen atoms in total. The van der Waals surface area contributed by atoms with E-state index in [2.05, 4.69) is 47.0 Å². The molecule has 0 saturated heterocycles. The SMILES string of the molecule is CC(C)c1nn(-c2ccc(C#N)nc2)c2cccc(-n3cnc(-c4cccnc4)c3)c12. The lowest BCUT2D eigenvalue weighted by Crippen LogP contribution is -1.99. The molecule has 0 fully saturated rings. The third-order valence-corrected chi connectivity index (χ3v) is 5.18. The molecule has 7 heteroatoms. The molecule has 0 bridgehead atoms. The van der Waals surface area contributed by atoms with E-state index in [4.69, 9.17) is 10.4 Å². The van der Waals surface area contributed by atoms with Crippen molar-refractivity contribution in [1.29, 1.82) is 5.26 Å². The van der Waals surface area contributed by atoms with Crippen LogP contribution >= 0.6 is 0 Å². The first-order chi connectivity index (χ1) is 15.2. The Morgan fingerprint density at radius 2 is 1.90 bits per heavy atom. The Bertz CT molecular complexity index is 1400. The van der Waals surface area contributed by atoms with Crippen molar-refractivity contribution in [2.45, 2.75) is 19.8 Å². The van der Waals surface area contributed by atoms with Crippen LogP contribution in [0.1, 0.15) is 31.2 Å². The topological polar surface area (TPSA) is 85.2 Å². The summed E-state index contributed by atoms with van der Waals surface area (Å²) in [6.07, 6.45) is 9.07. The number of hydrogen-bond donors (Lipinski definition) is 0. The highest BCUT2D eigenvalue weighted by Gasteiger charge is 2.19. The molecule has 0 N–H and O–H groups in total. The lowest BCUT2D eigenvalue weighted by atomic mass is 10.0. The van der Waals surface area contributed by atoms with Gasteiger partial charge in [0.2, 0.25) is 0 Å². The predicted octanol–water partition coefficient (Wildman–Crippen LogP) is 4.66. The molecule has 0 aliphatic heterocycles. The summed E-state index contributed by atoms with van der Waals surface area (Å²) in [7, 11) is 0. The molecule has 4 aromatic heterocycles. The highest BCUT2D eigenvalue weighted by Crippen LogP contribution is 2.32. The van der Waals surface area contributed by atoms with E-state index in [1.54, 1.807) is 18.5 Å². The summed E-state index contributed by atoms with van der Waals surface area (Å²) in [6, 6.07) is 15.7. The van der Waals surface area contributed by atoms with E-state index in [-0.39, 0.29) is 5.92 Å². The standard InChI is InChI=1S/C24H19N7/c1-16(2)24-23-21(30-14-20(28-15-30)17-5-4-10-26-12-17)6-3-7-22(23)31(29-24)19-9-8-18(11-25)27-13-19/h3-10,12-16H,1-2H3. The van der Waals surface area contributed by atoms with Crippen LogP contribution in [0.5, 0.6) is 0 Å². The summed E-state index contributed by atoms with van der Waals surface area (Å²) < 4.78 is 3.92. The van der Waals surface area contributed by atoms with Gasteiger partial charge in [-0.25, -0.2) is 14.6 Å². The molecule has 0 aliphatic rings. The second-order valence-corrected chi connectivity index (χ2v) is 7.54. The Kier molecular flexibility index (Phi) is 4.53. The van der Waals surface area contributed by atoms with E-state index in [0.717, 1.165) is 39.2 Å². The lowest BCUT2D eigenvalue weighted by Gasteiger charge is -2.08. The minimum atomic E-state index is 0.220. The van der Waals surface area contributed by atoms with Crippen LogP contribution in [0.3, 0.4) is 0 Å². The minimum absolute atomic E-state index is 0.220. The smallest absolute Gasteiger partial charge is 0.140 e. The monoisotopic (exact) mass is 405 g/mol. The van der Waals surface area contributed by atoms with Crippen molar-refractivity contribution in [1.82, 2.24) is 29.3 Å². The van der Waals surface area contributed by atoms with Crippen LogP contribution in [0, 0.1) is 11.3 Å². The van der Waals surface area contributed by atoms with Gasteiger partial charge in [-0.1, -0.05) is 19.9 Å². The fraction of sp³-hybridized carbons (Fsp3) is 0.125. The van der Waals surface area contributed by atoms with Gasteiger partial charge in [-0.15, -0.1) is 0 Å². The van der Waals surface area contributed by atoms with Crippen LogP contribution in [0.2, 0.25) is 0 Å². The largest absolute Gasteiger partial charge is 0.305 e. The van der Waals surface area contributed by atoms with Gasteiger partial charge in [0.25, 0.3) is 0 Å². The number of benzene rings is 1. The van der Waals surface area contributed by atoms with Gasteiger partial charge in [-0.3, -0.25) is 4.98 Å². The molecule has 5 rings (SSSR count). The quantitative estimate of drug-likeness (QED) is 0.434. The molecule has 31 heavy (non-hydrogen) atoms. The van der Waals surface area contributed by atoms with E-state index >= 15 is 0 Å². The zero-order valence-electron chi connectivity index (χ0n) is 17.1. The molecule has 0 unspecified atom stereocenters. The van der Waals surface area contributed by atoms with Gasteiger partial charge >= 0.3 is 0 Å². The molecule has 1 aromatic carbocycles. The Morgan fingerprint density at radius 1 is 1.00 bits per heavy atom. The maximum atomic E-state index is 9.05. The molecule has 0 spiro atoms. The van der Waals surface area contributed by atoms with E-state index in [0.29, 0.717) is 5.69 Å². The molecular weight excluding hydrogens is 386 g/mol. The summed E-state index contributed by atoms with van der Waals surface area (Å²) in [5, 5.41) is 15.0. The average Bonchev–Trinajstić information content (AvgIpc) is 3.45. The molecule has 0 saturated carbocycles. The highest BCUT2D eigenvalue weighted by molar-refractivity contribution is 5.92. The third-order valence-electron chi connectivity index (χ3n) is 5.18. The zero-order valence-corrected chi connectivity index (χ0v) is 17.1. The maximum absolute atomic E-state index is 9.05. The summed E-state index contributed by atoms with van der Waals surface area (Å²) in [5.41, 5.74) is 6.01. The first-order valence-electron chi connectivity index (χ1n) is 9.98. The Hall–Kier alpha value is -4.31. The number of imidazole rings is 1. The van der Waals surface area contributed by atoms with Crippen molar-refractivity contribution in [3.63, 3.8) is 0 Å². The highest BCUT2D eigenvalue weighted by atomic mass is 15.3. The van der Waals surface area contributed by atoms with Crippen LogP contribution in [-0.2, 0) is 0 Å². The number of fused-ring (bicyclic) bond motifs is 1. The van der Waals surface area contributed by atoms with Crippen molar-refractivity contribution < 1.29 is 0 Å². The van der Waals surface area contributed by atoms with Crippen LogP contribution in [0.15, 0.2) is 73.6 Å². The lowest BCUT2D eigenvalue weighted by molar-refractivity contribution is 0.777. The number of nitrogens with zero attached hydrogens (tertiary/aromatic N) is 7. The molecule has 0 radical (unpaired) electrons. The molecule has 5 aromatic rings. The van der Waals surface area contributed by atoms with Gasteiger partial charge in [0, 0.05) is 29.5 Å². The normalized spacial score (nSPS) is 11.2. The van der Waals surface area contributed by atoms with E-state index in [9.17, 15) is 0 Å². The molecule has 0 amide bonds. The van der Waals surface area contributed by atoms with Gasteiger partial charge in [0.15, 0.2) is 0 Å².